The van der Waals surface area contributed by atoms with Gasteiger partial charge >= 0.3 is 5.97 Å². The van der Waals surface area contributed by atoms with Gasteiger partial charge in [0.15, 0.2) is 5.11 Å². The first-order valence-electron chi connectivity index (χ1n) is 8.66. The van der Waals surface area contributed by atoms with Gasteiger partial charge < -0.3 is 15.4 Å². The Hall–Kier alpha value is -3.30. The number of nitro groups is 1. The summed E-state index contributed by atoms with van der Waals surface area (Å²) >= 11 is 6.69. The molecule has 2 aromatic carbocycles. The molecule has 0 radical (unpaired) electrons. The van der Waals surface area contributed by atoms with Crippen LogP contribution in [0.15, 0.2) is 60.7 Å². The highest BCUT2D eigenvalue weighted by Crippen LogP contribution is 2.36. The van der Waals surface area contributed by atoms with E-state index in [-0.39, 0.29) is 17.4 Å². The Balaban J connectivity index is 1.84. The summed E-state index contributed by atoms with van der Waals surface area (Å²) in [5.74, 6) is -0.452. The van der Waals surface area contributed by atoms with Gasteiger partial charge in [-0.3, -0.25) is 10.1 Å². The topological polar surface area (TPSA) is 93.5 Å². The van der Waals surface area contributed by atoms with E-state index in [4.69, 9.17) is 17.0 Å². The average molecular weight is 428 g/mol. The molecule has 3 aromatic rings. The van der Waals surface area contributed by atoms with Gasteiger partial charge in [-0.2, -0.15) is 0 Å². The lowest BCUT2D eigenvalue weighted by Gasteiger charge is -2.10. The number of thiophene rings is 1. The summed E-state index contributed by atoms with van der Waals surface area (Å²) in [4.78, 5) is 23.7. The van der Waals surface area contributed by atoms with Crippen molar-refractivity contribution >= 4 is 51.0 Å². The predicted octanol–water partition coefficient (Wildman–Crippen LogP) is 5.31. The molecule has 0 spiro atoms. The van der Waals surface area contributed by atoms with Gasteiger partial charge in [-0.1, -0.05) is 36.4 Å². The molecule has 9 heteroatoms. The number of carbonyl (C=O) groups excluding carboxylic acids is 1. The predicted molar refractivity (Wildman–Crippen MR) is 119 cm³/mol. The maximum atomic E-state index is 12.4. The number of hydrogen-bond donors (Lipinski definition) is 2. The molecule has 0 aliphatic rings. The maximum Gasteiger partial charge on any atom is 0.341 e. The SMILES string of the molecule is CCOC(=O)c1cc(-c2ccccc2)sc1NC(=S)Nc1cccc([N+](=O)[O-])c1. The number of ether oxygens (including phenoxy) is 1. The third kappa shape index (κ3) is 5.15. The Bertz CT molecular complexity index is 1050. The summed E-state index contributed by atoms with van der Waals surface area (Å²) in [6.45, 7) is 2.00. The van der Waals surface area contributed by atoms with E-state index in [9.17, 15) is 14.9 Å². The summed E-state index contributed by atoms with van der Waals surface area (Å²) in [7, 11) is 0. The van der Waals surface area contributed by atoms with Crippen molar-refractivity contribution in [1.29, 1.82) is 0 Å². The molecule has 0 fully saturated rings. The van der Waals surface area contributed by atoms with Crippen LogP contribution < -0.4 is 10.6 Å². The third-order valence-corrected chi connectivity index (χ3v) is 5.13. The van der Waals surface area contributed by atoms with Crippen molar-refractivity contribution in [2.45, 2.75) is 6.92 Å². The van der Waals surface area contributed by atoms with Gasteiger partial charge in [0, 0.05) is 22.7 Å². The number of thiocarbonyl (C=S) groups is 1. The fourth-order valence-electron chi connectivity index (χ4n) is 2.55. The van der Waals surface area contributed by atoms with E-state index in [1.807, 2.05) is 30.3 Å². The van der Waals surface area contributed by atoms with Crippen molar-refractivity contribution in [3.63, 3.8) is 0 Å². The van der Waals surface area contributed by atoms with Crippen LogP contribution in [0.4, 0.5) is 16.4 Å². The Morgan fingerprint density at radius 3 is 2.59 bits per heavy atom. The Morgan fingerprint density at radius 2 is 1.90 bits per heavy atom. The monoisotopic (exact) mass is 427 g/mol. The number of nitro benzene ring substituents is 1. The van der Waals surface area contributed by atoms with Gasteiger partial charge in [-0.25, -0.2) is 4.79 Å². The molecule has 0 amide bonds. The fraction of sp³-hybridized carbons (Fsp3) is 0.100. The molecule has 0 aliphatic heterocycles. The van der Waals surface area contributed by atoms with Crippen LogP contribution in [0.1, 0.15) is 17.3 Å². The van der Waals surface area contributed by atoms with E-state index in [1.165, 1.54) is 23.5 Å². The minimum atomic E-state index is -0.480. The van der Waals surface area contributed by atoms with Crippen molar-refractivity contribution in [1.82, 2.24) is 0 Å². The van der Waals surface area contributed by atoms with Crippen LogP contribution in [0.3, 0.4) is 0 Å². The number of carbonyl (C=O) groups is 1. The Kier molecular flexibility index (Phi) is 6.53. The molecule has 29 heavy (non-hydrogen) atoms. The smallest absolute Gasteiger partial charge is 0.341 e. The highest BCUT2D eigenvalue weighted by Gasteiger charge is 2.19. The molecule has 0 saturated heterocycles. The number of hydrogen-bond acceptors (Lipinski definition) is 6. The average Bonchev–Trinajstić information content (AvgIpc) is 3.12. The molecule has 3 rings (SSSR count). The molecule has 148 valence electrons. The van der Waals surface area contributed by atoms with E-state index in [0.717, 1.165) is 10.4 Å². The highest BCUT2D eigenvalue weighted by molar-refractivity contribution is 7.80. The van der Waals surface area contributed by atoms with Crippen LogP contribution in [0.5, 0.6) is 0 Å². The van der Waals surface area contributed by atoms with Crippen LogP contribution in [-0.4, -0.2) is 22.6 Å². The quantitative estimate of drug-likeness (QED) is 0.238. The summed E-state index contributed by atoms with van der Waals surface area (Å²) in [5, 5.41) is 17.6. The molecular weight excluding hydrogens is 410 g/mol. The van der Waals surface area contributed by atoms with Crippen molar-refractivity contribution in [2.24, 2.45) is 0 Å². The van der Waals surface area contributed by atoms with Crippen molar-refractivity contribution in [3.8, 4) is 10.4 Å². The summed E-state index contributed by atoms with van der Waals surface area (Å²) in [6, 6.07) is 17.4. The van der Waals surface area contributed by atoms with Crippen molar-refractivity contribution in [2.75, 3.05) is 17.2 Å². The molecule has 0 bridgehead atoms. The fourth-order valence-corrected chi connectivity index (χ4v) is 3.89. The van der Waals surface area contributed by atoms with Crippen molar-refractivity contribution < 1.29 is 14.5 Å². The van der Waals surface area contributed by atoms with Gasteiger partial charge in [0.2, 0.25) is 0 Å². The second-order valence-electron chi connectivity index (χ2n) is 5.83. The van der Waals surface area contributed by atoms with Crippen LogP contribution in [-0.2, 0) is 4.74 Å². The molecule has 1 aromatic heterocycles. The van der Waals surface area contributed by atoms with E-state index in [2.05, 4.69) is 10.6 Å². The molecule has 0 unspecified atom stereocenters. The molecule has 0 saturated carbocycles. The number of anilines is 2. The van der Waals surface area contributed by atoms with Gasteiger partial charge in [0.25, 0.3) is 5.69 Å². The van der Waals surface area contributed by atoms with Gasteiger partial charge in [0.05, 0.1) is 17.1 Å². The summed E-state index contributed by atoms with van der Waals surface area (Å²) < 4.78 is 5.15. The second-order valence-corrected chi connectivity index (χ2v) is 7.29. The van der Waals surface area contributed by atoms with E-state index in [0.29, 0.717) is 16.3 Å². The molecule has 1 heterocycles. The first kappa shape index (κ1) is 20.4. The maximum absolute atomic E-state index is 12.4. The zero-order valence-corrected chi connectivity index (χ0v) is 17.0. The number of non-ortho nitro benzene ring substituents is 1. The Morgan fingerprint density at radius 1 is 1.14 bits per heavy atom. The first-order chi connectivity index (χ1) is 14.0. The minimum Gasteiger partial charge on any atom is -0.462 e. The highest BCUT2D eigenvalue weighted by atomic mass is 32.1. The number of benzene rings is 2. The van der Waals surface area contributed by atoms with E-state index in [1.54, 1.807) is 25.1 Å². The third-order valence-electron chi connectivity index (χ3n) is 3.83. The summed E-state index contributed by atoms with van der Waals surface area (Å²) in [6.07, 6.45) is 0. The lowest BCUT2D eigenvalue weighted by molar-refractivity contribution is -0.384. The van der Waals surface area contributed by atoms with Crippen LogP contribution in [0.25, 0.3) is 10.4 Å². The van der Waals surface area contributed by atoms with Gasteiger partial charge in [0.1, 0.15) is 5.00 Å². The van der Waals surface area contributed by atoms with E-state index >= 15 is 0 Å². The zero-order valence-electron chi connectivity index (χ0n) is 15.4. The van der Waals surface area contributed by atoms with Crippen LogP contribution in [0, 0.1) is 10.1 Å². The second kappa shape index (κ2) is 9.26. The van der Waals surface area contributed by atoms with Gasteiger partial charge in [-0.15, -0.1) is 11.3 Å². The number of rotatable bonds is 6. The summed E-state index contributed by atoms with van der Waals surface area (Å²) in [5.41, 5.74) is 1.76. The largest absolute Gasteiger partial charge is 0.462 e. The first-order valence-corrected chi connectivity index (χ1v) is 9.89. The van der Waals surface area contributed by atoms with Crippen LogP contribution >= 0.6 is 23.6 Å². The normalized spacial score (nSPS) is 10.2. The minimum absolute atomic E-state index is 0.0486. The number of nitrogens with zero attached hydrogens (tertiary/aromatic N) is 1. The Labute approximate surface area is 176 Å². The zero-order chi connectivity index (χ0) is 20.8. The molecule has 0 aliphatic carbocycles. The molecule has 0 atom stereocenters. The molecular formula is C20H17N3O4S2. The van der Waals surface area contributed by atoms with Crippen molar-refractivity contribution in [3.05, 3.63) is 76.3 Å². The lowest BCUT2D eigenvalue weighted by atomic mass is 10.1. The standard InChI is InChI=1S/C20H17N3O4S2/c1-2-27-19(24)16-12-17(13-7-4-3-5-8-13)29-18(16)22-20(28)21-14-9-6-10-15(11-14)23(25)26/h3-12H,2H2,1H3,(H2,21,22,28). The molecule has 7 nitrogen and oxygen atoms in total. The van der Waals surface area contributed by atoms with Crippen LogP contribution in [0.2, 0.25) is 0 Å². The van der Waals surface area contributed by atoms with Gasteiger partial charge in [-0.05, 0) is 36.8 Å². The molecule has 2 N–H and O–H groups in total. The van der Waals surface area contributed by atoms with E-state index < -0.39 is 10.9 Å². The number of esters is 1. The lowest BCUT2D eigenvalue weighted by Crippen LogP contribution is -2.20. The number of nitrogens with one attached hydrogen (secondary N) is 2.